The van der Waals surface area contributed by atoms with Gasteiger partial charge in [0.1, 0.15) is 0 Å². The Balaban J connectivity index is 2.22. The summed E-state index contributed by atoms with van der Waals surface area (Å²) in [6, 6.07) is 8.32. The van der Waals surface area contributed by atoms with Crippen molar-refractivity contribution in [2.45, 2.75) is 18.5 Å². The highest BCUT2D eigenvalue weighted by atomic mass is 32.2. The van der Waals surface area contributed by atoms with Crippen molar-refractivity contribution in [3.8, 4) is 0 Å². The van der Waals surface area contributed by atoms with Gasteiger partial charge in [0.25, 0.3) is 5.56 Å². The molecule has 23 heavy (non-hydrogen) atoms. The van der Waals surface area contributed by atoms with Gasteiger partial charge in [0.05, 0.1) is 23.3 Å². The number of ether oxygens (including phenoxy) is 1. The van der Waals surface area contributed by atoms with Crippen LogP contribution in [0.15, 0.2) is 40.2 Å². The van der Waals surface area contributed by atoms with Gasteiger partial charge in [-0.3, -0.25) is 9.59 Å². The summed E-state index contributed by atoms with van der Waals surface area (Å²) >= 11 is 1.41. The number of methoxy groups -OCH3 is 1. The normalized spacial score (nSPS) is 12.8. The topological polar surface area (TPSA) is 65.4 Å². The number of hydrogen-bond acceptors (Lipinski definition) is 5. The van der Waals surface area contributed by atoms with Crippen LogP contribution in [0.2, 0.25) is 0 Å². The second kappa shape index (κ2) is 6.04. The van der Waals surface area contributed by atoms with E-state index in [9.17, 15) is 14.4 Å². The van der Waals surface area contributed by atoms with Gasteiger partial charge >= 0.3 is 5.97 Å². The fourth-order valence-electron chi connectivity index (χ4n) is 2.56. The van der Waals surface area contributed by atoms with Crippen LogP contribution in [0, 0.1) is 6.92 Å². The molecule has 0 fully saturated rings. The molecule has 0 N–H and O–H groups in total. The largest absolute Gasteiger partial charge is 0.465 e. The van der Waals surface area contributed by atoms with Crippen molar-refractivity contribution in [3.63, 3.8) is 0 Å². The predicted octanol–water partition coefficient (Wildman–Crippen LogP) is 2.28. The smallest absolute Gasteiger partial charge is 0.338 e. The Labute approximate surface area is 137 Å². The minimum atomic E-state index is -0.673. The summed E-state index contributed by atoms with van der Waals surface area (Å²) in [6.45, 7) is 2.47. The SMILES string of the molecule is COC(=O)c1cc(=O)n2c(c1C(=O)c1ccc(C)cc1)SCC2. The van der Waals surface area contributed by atoms with E-state index in [1.54, 1.807) is 16.7 Å². The quantitative estimate of drug-likeness (QED) is 0.638. The molecule has 0 bridgehead atoms. The summed E-state index contributed by atoms with van der Waals surface area (Å²) in [4.78, 5) is 37.1. The molecular weight excluding hydrogens is 314 g/mol. The number of benzene rings is 1. The average molecular weight is 329 g/mol. The van der Waals surface area contributed by atoms with E-state index in [1.165, 1.54) is 24.9 Å². The van der Waals surface area contributed by atoms with E-state index in [-0.39, 0.29) is 22.5 Å². The fraction of sp³-hybridized carbons (Fsp3) is 0.235. The maximum Gasteiger partial charge on any atom is 0.338 e. The van der Waals surface area contributed by atoms with Crippen molar-refractivity contribution in [1.29, 1.82) is 0 Å². The number of esters is 1. The molecular formula is C17H15NO4S. The highest BCUT2D eigenvalue weighted by Crippen LogP contribution is 2.31. The van der Waals surface area contributed by atoms with E-state index >= 15 is 0 Å². The first-order valence-corrected chi connectivity index (χ1v) is 8.12. The van der Waals surface area contributed by atoms with E-state index in [1.807, 2.05) is 19.1 Å². The van der Waals surface area contributed by atoms with Crippen LogP contribution >= 0.6 is 11.8 Å². The zero-order valence-electron chi connectivity index (χ0n) is 12.8. The molecule has 2 heterocycles. The molecule has 118 valence electrons. The van der Waals surface area contributed by atoms with Gasteiger partial charge in [-0.1, -0.05) is 29.8 Å². The van der Waals surface area contributed by atoms with Gasteiger partial charge in [-0.25, -0.2) is 4.79 Å². The minimum Gasteiger partial charge on any atom is -0.465 e. The molecule has 0 saturated carbocycles. The lowest BCUT2D eigenvalue weighted by atomic mass is 9.99. The van der Waals surface area contributed by atoms with Crippen molar-refractivity contribution < 1.29 is 14.3 Å². The van der Waals surface area contributed by atoms with Crippen LogP contribution in [0.25, 0.3) is 0 Å². The Hall–Kier alpha value is -2.34. The zero-order chi connectivity index (χ0) is 16.6. The van der Waals surface area contributed by atoms with Crippen LogP contribution in [0.4, 0.5) is 0 Å². The second-order valence-electron chi connectivity index (χ2n) is 5.26. The van der Waals surface area contributed by atoms with Crippen LogP contribution in [-0.4, -0.2) is 29.2 Å². The standard InChI is InChI=1S/C17H15NO4S/c1-10-3-5-11(6-4-10)15(20)14-12(17(21)22-2)9-13(19)18-7-8-23-16(14)18/h3-6,9H,7-8H2,1-2H3. The monoisotopic (exact) mass is 329 g/mol. The lowest BCUT2D eigenvalue weighted by molar-refractivity contribution is 0.0596. The maximum absolute atomic E-state index is 12.9. The summed E-state index contributed by atoms with van der Waals surface area (Å²) in [6.07, 6.45) is 0. The number of carbonyl (C=O) groups is 2. The third kappa shape index (κ3) is 2.70. The van der Waals surface area contributed by atoms with Gasteiger partial charge in [-0.05, 0) is 6.92 Å². The van der Waals surface area contributed by atoms with Crippen LogP contribution in [0.3, 0.4) is 0 Å². The van der Waals surface area contributed by atoms with Crippen molar-refractivity contribution in [3.05, 3.63) is 62.9 Å². The van der Waals surface area contributed by atoms with E-state index < -0.39 is 5.97 Å². The molecule has 0 saturated heterocycles. The van der Waals surface area contributed by atoms with Gasteiger partial charge in [0, 0.05) is 23.9 Å². The van der Waals surface area contributed by atoms with E-state index in [0.29, 0.717) is 22.9 Å². The first kappa shape index (κ1) is 15.6. The molecule has 1 aromatic heterocycles. The van der Waals surface area contributed by atoms with Crippen LogP contribution in [0.1, 0.15) is 31.8 Å². The maximum atomic E-state index is 12.9. The number of fused-ring (bicyclic) bond motifs is 1. The number of rotatable bonds is 3. The van der Waals surface area contributed by atoms with Gasteiger partial charge in [0.2, 0.25) is 0 Å². The Morgan fingerprint density at radius 2 is 1.91 bits per heavy atom. The first-order valence-electron chi connectivity index (χ1n) is 7.13. The summed E-state index contributed by atoms with van der Waals surface area (Å²) in [5.74, 6) is -0.245. The number of nitrogens with zero attached hydrogens (tertiary/aromatic N) is 1. The number of aromatic nitrogens is 1. The van der Waals surface area contributed by atoms with Crippen LogP contribution in [0.5, 0.6) is 0 Å². The van der Waals surface area contributed by atoms with Crippen molar-refractivity contribution in [1.82, 2.24) is 4.57 Å². The Morgan fingerprint density at radius 3 is 2.57 bits per heavy atom. The van der Waals surface area contributed by atoms with Crippen LogP contribution in [-0.2, 0) is 11.3 Å². The highest BCUT2D eigenvalue weighted by molar-refractivity contribution is 7.99. The Bertz CT molecular complexity index is 852. The number of aryl methyl sites for hydroxylation is 1. The first-order chi connectivity index (χ1) is 11.0. The minimum absolute atomic E-state index is 0.0312. The molecule has 0 spiro atoms. The van der Waals surface area contributed by atoms with Crippen LogP contribution < -0.4 is 5.56 Å². The number of hydrogen-bond donors (Lipinski definition) is 0. The molecule has 0 atom stereocenters. The van der Waals surface area contributed by atoms with Gasteiger partial charge in [0.15, 0.2) is 5.78 Å². The number of ketones is 1. The van der Waals surface area contributed by atoms with Crippen molar-refractivity contribution in [2.75, 3.05) is 12.9 Å². The number of pyridine rings is 1. The summed E-state index contributed by atoms with van der Waals surface area (Å²) < 4.78 is 6.29. The Morgan fingerprint density at radius 1 is 1.22 bits per heavy atom. The predicted molar refractivity (Wildman–Crippen MR) is 87.4 cm³/mol. The van der Waals surface area contributed by atoms with E-state index in [4.69, 9.17) is 4.74 Å². The average Bonchev–Trinajstić information content (AvgIpc) is 3.04. The lowest BCUT2D eigenvalue weighted by Crippen LogP contribution is -2.25. The molecule has 3 rings (SSSR count). The van der Waals surface area contributed by atoms with E-state index in [2.05, 4.69) is 0 Å². The molecule has 0 unspecified atom stereocenters. The second-order valence-corrected chi connectivity index (χ2v) is 6.35. The molecule has 5 nitrogen and oxygen atoms in total. The molecule has 0 radical (unpaired) electrons. The molecule has 1 aliphatic rings. The summed E-state index contributed by atoms with van der Waals surface area (Å²) in [7, 11) is 1.24. The van der Waals surface area contributed by atoms with Gasteiger partial charge in [-0.15, -0.1) is 11.8 Å². The van der Waals surface area contributed by atoms with Crippen molar-refractivity contribution >= 4 is 23.5 Å². The summed E-state index contributed by atoms with van der Waals surface area (Å²) in [5.41, 5.74) is 1.52. The summed E-state index contributed by atoms with van der Waals surface area (Å²) in [5, 5.41) is 0.545. The molecule has 0 aliphatic carbocycles. The number of carbonyl (C=O) groups excluding carboxylic acids is 2. The molecule has 0 amide bonds. The van der Waals surface area contributed by atoms with E-state index in [0.717, 1.165) is 5.56 Å². The van der Waals surface area contributed by atoms with Crippen molar-refractivity contribution in [2.24, 2.45) is 0 Å². The lowest BCUT2D eigenvalue weighted by Gasteiger charge is -2.12. The molecule has 1 aliphatic heterocycles. The molecule has 6 heteroatoms. The molecule has 1 aromatic carbocycles. The zero-order valence-corrected chi connectivity index (χ0v) is 13.6. The third-order valence-corrected chi connectivity index (χ3v) is 4.85. The number of thioether (sulfide) groups is 1. The Kier molecular flexibility index (Phi) is 4.09. The fourth-order valence-corrected chi connectivity index (χ4v) is 3.71. The third-order valence-electron chi connectivity index (χ3n) is 3.76. The van der Waals surface area contributed by atoms with Gasteiger partial charge in [-0.2, -0.15) is 0 Å². The molecule has 2 aromatic rings. The highest BCUT2D eigenvalue weighted by Gasteiger charge is 2.29. The van der Waals surface area contributed by atoms with Gasteiger partial charge < -0.3 is 9.30 Å².